The molecule has 0 fully saturated rings. The van der Waals surface area contributed by atoms with Crippen molar-refractivity contribution >= 4 is 11.9 Å². The summed E-state index contributed by atoms with van der Waals surface area (Å²) in [5, 5.41) is 0. The SMILES string of the molecule is CCOC(=O)c1c(C(CC)C(=O)OCC)cc(=O)n2c1CCC2. The minimum Gasteiger partial charge on any atom is -0.466 e. The first-order valence-corrected chi connectivity index (χ1v) is 8.15. The average molecular weight is 321 g/mol. The maximum atomic E-state index is 12.4. The van der Waals surface area contributed by atoms with Crippen LogP contribution in [0.3, 0.4) is 0 Å². The highest BCUT2D eigenvalue weighted by Crippen LogP contribution is 2.29. The van der Waals surface area contributed by atoms with Gasteiger partial charge in [0.25, 0.3) is 5.56 Å². The molecule has 23 heavy (non-hydrogen) atoms. The van der Waals surface area contributed by atoms with Crippen LogP contribution < -0.4 is 5.56 Å². The number of carbonyl (C=O) groups is 2. The largest absolute Gasteiger partial charge is 0.466 e. The van der Waals surface area contributed by atoms with E-state index in [1.807, 2.05) is 6.92 Å². The molecule has 1 aromatic heterocycles. The summed E-state index contributed by atoms with van der Waals surface area (Å²) in [6.07, 6.45) is 1.89. The first kappa shape index (κ1) is 17.2. The molecule has 6 heteroatoms. The third-order valence-electron chi connectivity index (χ3n) is 4.08. The van der Waals surface area contributed by atoms with Gasteiger partial charge in [-0.05, 0) is 38.7 Å². The summed E-state index contributed by atoms with van der Waals surface area (Å²) in [5.41, 5.74) is 1.29. The second-order valence-electron chi connectivity index (χ2n) is 5.45. The molecule has 126 valence electrons. The Kier molecular flexibility index (Phi) is 5.58. The van der Waals surface area contributed by atoms with E-state index in [-0.39, 0.29) is 18.8 Å². The number of pyridine rings is 1. The highest BCUT2D eigenvalue weighted by atomic mass is 16.5. The molecule has 0 aromatic carbocycles. The Balaban J connectivity index is 2.61. The van der Waals surface area contributed by atoms with E-state index >= 15 is 0 Å². The monoisotopic (exact) mass is 321 g/mol. The number of hydrogen-bond donors (Lipinski definition) is 0. The van der Waals surface area contributed by atoms with E-state index in [1.165, 1.54) is 6.07 Å². The molecule has 1 atom stereocenters. The van der Waals surface area contributed by atoms with Crippen LogP contribution in [0.4, 0.5) is 0 Å². The van der Waals surface area contributed by atoms with Gasteiger partial charge in [-0.15, -0.1) is 0 Å². The van der Waals surface area contributed by atoms with Crippen molar-refractivity contribution in [3.05, 3.63) is 33.2 Å². The van der Waals surface area contributed by atoms with Crippen molar-refractivity contribution < 1.29 is 19.1 Å². The van der Waals surface area contributed by atoms with Crippen molar-refractivity contribution in [2.45, 2.75) is 52.5 Å². The Hall–Kier alpha value is -2.11. The molecule has 1 aliphatic heterocycles. The van der Waals surface area contributed by atoms with Crippen LogP contribution >= 0.6 is 0 Å². The number of hydrogen-bond acceptors (Lipinski definition) is 5. The molecule has 0 spiro atoms. The fourth-order valence-corrected chi connectivity index (χ4v) is 3.10. The van der Waals surface area contributed by atoms with Gasteiger partial charge in [0.15, 0.2) is 0 Å². The van der Waals surface area contributed by atoms with Crippen LogP contribution in [-0.4, -0.2) is 29.7 Å². The van der Waals surface area contributed by atoms with Crippen molar-refractivity contribution in [2.75, 3.05) is 13.2 Å². The third-order valence-corrected chi connectivity index (χ3v) is 4.08. The van der Waals surface area contributed by atoms with E-state index in [4.69, 9.17) is 9.47 Å². The number of aromatic nitrogens is 1. The lowest BCUT2D eigenvalue weighted by Gasteiger charge is -2.19. The quantitative estimate of drug-likeness (QED) is 0.749. The Labute approximate surface area is 135 Å². The highest BCUT2D eigenvalue weighted by Gasteiger charge is 2.31. The first-order valence-electron chi connectivity index (χ1n) is 8.15. The Morgan fingerprint density at radius 3 is 2.52 bits per heavy atom. The van der Waals surface area contributed by atoms with Gasteiger partial charge in [0.2, 0.25) is 0 Å². The second kappa shape index (κ2) is 7.44. The molecule has 0 saturated carbocycles. The van der Waals surface area contributed by atoms with E-state index in [1.54, 1.807) is 18.4 Å². The number of ether oxygens (including phenoxy) is 2. The van der Waals surface area contributed by atoms with Crippen molar-refractivity contribution in [2.24, 2.45) is 0 Å². The Morgan fingerprint density at radius 1 is 1.22 bits per heavy atom. The zero-order valence-electron chi connectivity index (χ0n) is 13.9. The van der Waals surface area contributed by atoms with Crippen molar-refractivity contribution in [1.82, 2.24) is 4.57 Å². The van der Waals surface area contributed by atoms with Crippen LogP contribution in [0.25, 0.3) is 0 Å². The molecule has 0 N–H and O–H groups in total. The summed E-state index contributed by atoms with van der Waals surface area (Å²) < 4.78 is 11.9. The summed E-state index contributed by atoms with van der Waals surface area (Å²) >= 11 is 0. The van der Waals surface area contributed by atoms with Crippen LogP contribution in [0.2, 0.25) is 0 Å². The molecule has 6 nitrogen and oxygen atoms in total. The van der Waals surface area contributed by atoms with Gasteiger partial charge in [-0.3, -0.25) is 9.59 Å². The highest BCUT2D eigenvalue weighted by molar-refractivity contribution is 5.95. The fraction of sp³-hybridized carbons (Fsp3) is 0.588. The minimum atomic E-state index is -0.631. The second-order valence-corrected chi connectivity index (χ2v) is 5.45. The lowest BCUT2D eigenvalue weighted by molar-refractivity contribution is -0.145. The normalized spacial score (nSPS) is 14.2. The van der Waals surface area contributed by atoms with Gasteiger partial charge in [0, 0.05) is 18.3 Å². The summed E-state index contributed by atoms with van der Waals surface area (Å²) in [6.45, 7) is 6.39. The van der Waals surface area contributed by atoms with Crippen LogP contribution in [0.5, 0.6) is 0 Å². The molecule has 1 aliphatic rings. The number of fused-ring (bicyclic) bond motifs is 1. The molecule has 1 aromatic rings. The standard InChI is InChI=1S/C17H23NO5/c1-4-11(16(20)22-5-2)12-10-14(19)18-9-7-8-13(18)15(12)17(21)23-6-3/h10-11H,4-9H2,1-3H3. The maximum absolute atomic E-state index is 12.4. The number of carbonyl (C=O) groups excluding carboxylic acids is 2. The minimum absolute atomic E-state index is 0.178. The van der Waals surface area contributed by atoms with Gasteiger partial charge in [-0.25, -0.2) is 4.79 Å². The van der Waals surface area contributed by atoms with Gasteiger partial charge in [-0.2, -0.15) is 0 Å². The Bertz CT molecular complexity index is 662. The van der Waals surface area contributed by atoms with E-state index < -0.39 is 17.9 Å². The first-order chi connectivity index (χ1) is 11.0. The van der Waals surface area contributed by atoms with Crippen LogP contribution in [0.1, 0.15) is 61.1 Å². The van der Waals surface area contributed by atoms with Crippen LogP contribution in [0, 0.1) is 0 Å². The lowest BCUT2D eigenvalue weighted by atomic mass is 9.91. The molecule has 0 radical (unpaired) electrons. The zero-order valence-corrected chi connectivity index (χ0v) is 13.9. The molecule has 2 rings (SSSR count). The molecule has 0 aliphatic carbocycles. The number of rotatable bonds is 6. The van der Waals surface area contributed by atoms with Crippen molar-refractivity contribution in [1.29, 1.82) is 0 Å². The van der Waals surface area contributed by atoms with E-state index in [2.05, 4.69) is 0 Å². The smallest absolute Gasteiger partial charge is 0.340 e. The third kappa shape index (κ3) is 3.30. The van der Waals surface area contributed by atoms with Crippen LogP contribution in [-0.2, 0) is 27.2 Å². The van der Waals surface area contributed by atoms with E-state index in [9.17, 15) is 14.4 Å². The summed E-state index contributed by atoms with van der Waals surface area (Å²) in [5.74, 6) is -1.52. The van der Waals surface area contributed by atoms with Gasteiger partial charge in [0.1, 0.15) is 0 Å². The van der Waals surface area contributed by atoms with Crippen LogP contribution in [0.15, 0.2) is 10.9 Å². The molecule has 0 amide bonds. The number of nitrogens with zero attached hydrogens (tertiary/aromatic N) is 1. The molecular formula is C17H23NO5. The fourth-order valence-electron chi connectivity index (χ4n) is 3.10. The predicted octanol–water partition coefficient (Wildman–Crippen LogP) is 2.03. The lowest BCUT2D eigenvalue weighted by Crippen LogP contribution is -2.28. The van der Waals surface area contributed by atoms with Gasteiger partial charge in [0.05, 0.1) is 24.7 Å². The van der Waals surface area contributed by atoms with E-state index in [0.29, 0.717) is 36.2 Å². The average Bonchev–Trinajstić information content (AvgIpc) is 2.98. The van der Waals surface area contributed by atoms with Gasteiger partial charge < -0.3 is 14.0 Å². The molecular weight excluding hydrogens is 298 g/mol. The zero-order chi connectivity index (χ0) is 17.0. The molecule has 1 unspecified atom stereocenters. The van der Waals surface area contributed by atoms with Gasteiger partial charge >= 0.3 is 11.9 Å². The number of esters is 2. The van der Waals surface area contributed by atoms with E-state index in [0.717, 1.165) is 6.42 Å². The summed E-state index contributed by atoms with van der Waals surface area (Å²) in [6, 6.07) is 1.40. The molecule has 0 saturated heterocycles. The maximum Gasteiger partial charge on any atom is 0.340 e. The predicted molar refractivity (Wildman–Crippen MR) is 84.6 cm³/mol. The van der Waals surface area contributed by atoms with Crippen molar-refractivity contribution in [3.8, 4) is 0 Å². The van der Waals surface area contributed by atoms with Crippen molar-refractivity contribution in [3.63, 3.8) is 0 Å². The molecule has 2 heterocycles. The molecule has 0 bridgehead atoms. The summed E-state index contributed by atoms with van der Waals surface area (Å²) in [4.78, 5) is 37.0. The van der Waals surface area contributed by atoms with Gasteiger partial charge in [-0.1, -0.05) is 6.92 Å². The topological polar surface area (TPSA) is 74.6 Å². The Morgan fingerprint density at radius 2 is 1.91 bits per heavy atom. The summed E-state index contributed by atoms with van der Waals surface area (Å²) in [7, 11) is 0.